The van der Waals surface area contributed by atoms with E-state index in [4.69, 9.17) is 4.18 Å². The van der Waals surface area contributed by atoms with Crippen molar-refractivity contribution >= 4 is 10.3 Å². The van der Waals surface area contributed by atoms with Crippen molar-refractivity contribution < 1.29 is 17.7 Å². The van der Waals surface area contributed by atoms with Crippen LogP contribution in [0.5, 0.6) is 5.75 Å². The van der Waals surface area contributed by atoms with E-state index in [1.54, 1.807) is 24.3 Å². The Morgan fingerprint density at radius 1 is 1.53 bits per heavy atom. The third-order valence-electron chi connectivity index (χ3n) is 2.52. The van der Waals surface area contributed by atoms with E-state index in [9.17, 15) is 13.5 Å². The Labute approximate surface area is 100.0 Å². The quantitative estimate of drug-likeness (QED) is 0.787. The molecule has 2 atom stereocenters. The van der Waals surface area contributed by atoms with Crippen LogP contribution in [0.2, 0.25) is 0 Å². The van der Waals surface area contributed by atoms with Gasteiger partial charge in [0, 0.05) is 5.56 Å². The van der Waals surface area contributed by atoms with Crippen LogP contribution in [0.4, 0.5) is 0 Å². The molecule has 1 heterocycles. The van der Waals surface area contributed by atoms with Crippen molar-refractivity contribution in [2.45, 2.75) is 18.6 Å². The first-order valence-corrected chi connectivity index (χ1v) is 6.54. The van der Waals surface area contributed by atoms with E-state index in [0.717, 1.165) is 0 Å². The first-order valence-electron chi connectivity index (χ1n) is 5.13. The zero-order valence-electron chi connectivity index (χ0n) is 9.04. The fourth-order valence-electron chi connectivity index (χ4n) is 1.77. The smallest absolute Gasteiger partial charge is 0.383 e. The van der Waals surface area contributed by atoms with Crippen LogP contribution in [0, 0.1) is 0 Å². The van der Waals surface area contributed by atoms with Crippen LogP contribution < -0.4 is 8.91 Å². The summed E-state index contributed by atoms with van der Waals surface area (Å²) in [5.41, 5.74) is 0.622. The zero-order valence-corrected chi connectivity index (χ0v) is 9.85. The predicted octanol–water partition coefficient (Wildman–Crippen LogP) is 0.891. The van der Waals surface area contributed by atoms with E-state index in [1.807, 2.05) is 0 Å². The molecule has 17 heavy (non-hydrogen) atoms. The molecule has 0 spiro atoms. The van der Waals surface area contributed by atoms with Crippen LogP contribution in [0.25, 0.3) is 0 Å². The Balaban J connectivity index is 2.42. The maximum absolute atomic E-state index is 11.5. The fourth-order valence-corrected chi connectivity index (χ4v) is 2.80. The molecule has 0 saturated carbocycles. The van der Waals surface area contributed by atoms with Crippen molar-refractivity contribution in [3.05, 3.63) is 42.5 Å². The minimum Gasteiger partial charge on any atom is -0.391 e. The Hall–Kier alpha value is -1.37. The molecule has 1 aromatic rings. The molecular weight excluding hydrogens is 242 g/mol. The number of fused-ring (bicyclic) bond motifs is 1. The van der Waals surface area contributed by atoms with E-state index in [2.05, 4.69) is 11.3 Å². The molecule has 1 aromatic carbocycles. The number of nitrogens with one attached hydrogen (secondary N) is 1. The van der Waals surface area contributed by atoms with Crippen LogP contribution in [0.3, 0.4) is 0 Å². The molecule has 1 aliphatic heterocycles. The summed E-state index contributed by atoms with van der Waals surface area (Å²) in [6.45, 7) is 3.52. The zero-order chi connectivity index (χ0) is 12.5. The second kappa shape index (κ2) is 4.48. The SMILES string of the molecule is C=CC[C@@H](O)[C@@H]1NS(=O)(=O)Oc2ccccc21. The largest absolute Gasteiger partial charge is 0.391 e. The summed E-state index contributed by atoms with van der Waals surface area (Å²) < 4.78 is 30.0. The molecule has 5 nitrogen and oxygen atoms in total. The average molecular weight is 255 g/mol. The summed E-state index contributed by atoms with van der Waals surface area (Å²) in [7, 11) is -3.85. The second-order valence-electron chi connectivity index (χ2n) is 3.76. The predicted molar refractivity (Wildman–Crippen MR) is 62.7 cm³/mol. The van der Waals surface area contributed by atoms with Crippen molar-refractivity contribution in [1.82, 2.24) is 4.72 Å². The Morgan fingerprint density at radius 3 is 2.94 bits per heavy atom. The maximum Gasteiger partial charge on any atom is 0.383 e. The molecular formula is C11H13NO4S. The Morgan fingerprint density at radius 2 is 2.24 bits per heavy atom. The maximum atomic E-state index is 11.5. The summed E-state index contributed by atoms with van der Waals surface area (Å²) in [6, 6.07) is 6.00. The van der Waals surface area contributed by atoms with Crippen molar-refractivity contribution in [3.63, 3.8) is 0 Å². The third kappa shape index (κ3) is 2.49. The highest BCUT2D eigenvalue weighted by Gasteiger charge is 2.34. The number of hydrogen-bond acceptors (Lipinski definition) is 4. The topological polar surface area (TPSA) is 75.6 Å². The van der Waals surface area contributed by atoms with Gasteiger partial charge < -0.3 is 9.29 Å². The third-order valence-corrected chi connectivity index (χ3v) is 3.46. The summed E-state index contributed by atoms with van der Waals surface area (Å²) >= 11 is 0. The molecule has 0 fully saturated rings. The second-order valence-corrected chi connectivity index (χ2v) is 5.07. The van der Waals surface area contributed by atoms with E-state index in [0.29, 0.717) is 12.0 Å². The summed E-state index contributed by atoms with van der Waals surface area (Å²) in [5.74, 6) is 0.249. The van der Waals surface area contributed by atoms with Gasteiger partial charge in [-0.1, -0.05) is 24.3 Å². The molecule has 0 bridgehead atoms. The summed E-state index contributed by atoms with van der Waals surface area (Å²) in [4.78, 5) is 0. The monoisotopic (exact) mass is 255 g/mol. The van der Waals surface area contributed by atoms with Crippen LogP contribution in [-0.4, -0.2) is 19.6 Å². The lowest BCUT2D eigenvalue weighted by Gasteiger charge is -2.29. The van der Waals surface area contributed by atoms with Crippen LogP contribution in [-0.2, 0) is 10.3 Å². The number of aliphatic hydroxyl groups is 1. The number of rotatable bonds is 3. The Bertz CT molecular complexity index is 526. The average Bonchev–Trinajstić information content (AvgIpc) is 2.27. The lowest BCUT2D eigenvalue weighted by Crippen LogP contribution is -2.42. The first kappa shape index (κ1) is 12.1. The molecule has 92 valence electrons. The lowest BCUT2D eigenvalue weighted by atomic mass is 9.99. The van der Waals surface area contributed by atoms with Gasteiger partial charge in [-0.25, -0.2) is 0 Å². The molecule has 0 aromatic heterocycles. The van der Waals surface area contributed by atoms with Gasteiger partial charge in [-0.05, 0) is 12.5 Å². The summed E-state index contributed by atoms with van der Waals surface area (Å²) in [6.07, 6.45) is 0.964. The number of hydrogen-bond donors (Lipinski definition) is 2. The van der Waals surface area contributed by atoms with Gasteiger partial charge in [0.2, 0.25) is 0 Å². The Kier molecular flexibility index (Phi) is 3.19. The van der Waals surface area contributed by atoms with Crippen molar-refractivity contribution in [2.75, 3.05) is 0 Å². The first-order chi connectivity index (χ1) is 8.03. The van der Waals surface area contributed by atoms with Gasteiger partial charge >= 0.3 is 10.3 Å². The van der Waals surface area contributed by atoms with E-state index in [1.165, 1.54) is 6.08 Å². The van der Waals surface area contributed by atoms with E-state index in [-0.39, 0.29) is 5.75 Å². The standard InChI is InChI=1S/C11H13NO4S/c1-2-5-9(13)11-8-6-3-4-7-10(8)16-17(14,15)12-11/h2-4,6-7,9,11-13H,1,5H2/t9-,11-/m1/s1. The van der Waals surface area contributed by atoms with E-state index >= 15 is 0 Å². The van der Waals surface area contributed by atoms with Crippen LogP contribution in [0.15, 0.2) is 36.9 Å². The highest BCUT2D eigenvalue weighted by molar-refractivity contribution is 7.85. The number of aliphatic hydroxyl groups excluding tert-OH is 1. The minimum atomic E-state index is -3.85. The highest BCUT2D eigenvalue weighted by Crippen LogP contribution is 2.33. The molecule has 2 N–H and O–H groups in total. The fraction of sp³-hybridized carbons (Fsp3) is 0.273. The molecule has 0 unspecified atom stereocenters. The van der Waals surface area contributed by atoms with Gasteiger partial charge in [0.1, 0.15) is 5.75 Å². The molecule has 1 aliphatic rings. The highest BCUT2D eigenvalue weighted by atomic mass is 32.2. The van der Waals surface area contributed by atoms with Crippen molar-refractivity contribution in [3.8, 4) is 5.75 Å². The van der Waals surface area contributed by atoms with Crippen LogP contribution in [0.1, 0.15) is 18.0 Å². The van der Waals surface area contributed by atoms with Gasteiger partial charge in [-0.3, -0.25) is 0 Å². The number of benzene rings is 1. The molecule has 0 amide bonds. The lowest BCUT2D eigenvalue weighted by molar-refractivity contribution is 0.135. The molecule has 6 heteroatoms. The van der Waals surface area contributed by atoms with Gasteiger partial charge in [0.15, 0.2) is 0 Å². The van der Waals surface area contributed by atoms with Gasteiger partial charge in [0.05, 0.1) is 12.1 Å². The molecule has 0 aliphatic carbocycles. The van der Waals surface area contributed by atoms with E-state index < -0.39 is 22.4 Å². The molecule has 0 saturated heterocycles. The van der Waals surface area contributed by atoms with Crippen LogP contribution >= 0.6 is 0 Å². The summed E-state index contributed by atoms with van der Waals surface area (Å²) in [5, 5.41) is 9.90. The van der Waals surface area contributed by atoms with Crippen molar-refractivity contribution in [1.29, 1.82) is 0 Å². The van der Waals surface area contributed by atoms with Crippen molar-refractivity contribution in [2.24, 2.45) is 0 Å². The minimum absolute atomic E-state index is 0.249. The molecule has 2 rings (SSSR count). The van der Waals surface area contributed by atoms with Gasteiger partial charge in [-0.15, -0.1) is 6.58 Å². The molecule has 0 radical (unpaired) electrons. The van der Waals surface area contributed by atoms with Gasteiger partial charge in [0.25, 0.3) is 0 Å². The normalized spacial score (nSPS) is 23.2. The van der Waals surface area contributed by atoms with Gasteiger partial charge in [-0.2, -0.15) is 13.1 Å². The number of para-hydroxylation sites is 1.